The highest BCUT2D eigenvalue weighted by atomic mass is 79.9. The molecule has 1 aromatic carbocycles. The molecule has 21 heavy (non-hydrogen) atoms. The molecule has 0 heterocycles. The summed E-state index contributed by atoms with van der Waals surface area (Å²) < 4.78 is 29.9. The fourth-order valence-electron chi connectivity index (χ4n) is 1.64. The molecule has 1 aromatic rings. The van der Waals surface area contributed by atoms with E-state index in [-0.39, 0.29) is 0 Å². The van der Waals surface area contributed by atoms with Gasteiger partial charge in [-0.3, -0.25) is 4.72 Å². The van der Waals surface area contributed by atoms with Crippen LogP contribution in [0.1, 0.15) is 19.8 Å². The third-order valence-corrected chi connectivity index (χ3v) is 5.46. The number of halogens is 2. The van der Waals surface area contributed by atoms with Gasteiger partial charge in [0.1, 0.15) is 0 Å². The Labute approximate surface area is 143 Å². The second-order valence-electron chi connectivity index (χ2n) is 4.66. The zero-order valence-electron chi connectivity index (χ0n) is 12.2. The molecule has 0 aliphatic carbocycles. The maximum Gasteiger partial charge on any atom is 0.301 e. The molecular weight excluding hydrogens is 422 g/mol. The van der Waals surface area contributed by atoms with Gasteiger partial charge in [-0.05, 0) is 60.1 Å². The number of nitrogens with zero attached hydrogens (tertiary/aromatic N) is 1. The van der Waals surface area contributed by atoms with Crippen molar-refractivity contribution < 1.29 is 8.42 Å². The Balaban J connectivity index is 2.55. The first kappa shape index (κ1) is 18.9. The summed E-state index contributed by atoms with van der Waals surface area (Å²) in [5.74, 6) is 0. The van der Waals surface area contributed by atoms with Crippen LogP contribution in [0.3, 0.4) is 0 Å². The second kappa shape index (κ2) is 9.09. The van der Waals surface area contributed by atoms with E-state index in [4.69, 9.17) is 0 Å². The van der Waals surface area contributed by atoms with E-state index in [1.807, 2.05) is 0 Å². The van der Waals surface area contributed by atoms with Crippen molar-refractivity contribution in [1.29, 1.82) is 0 Å². The van der Waals surface area contributed by atoms with Gasteiger partial charge in [0.05, 0.1) is 5.69 Å². The Bertz CT molecular complexity index is 552. The van der Waals surface area contributed by atoms with Crippen molar-refractivity contribution in [3.05, 3.63) is 27.1 Å². The molecule has 2 N–H and O–H groups in total. The van der Waals surface area contributed by atoms with E-state index in [1.165, 1.54) is 4.31 Å². The maximum atomic E-state index is 12.2. The summed E-state index contributed by atoms with van der Waals surface area (Å²) in [4.78, 5) is 0. The van der Waals surface area contributed by atoms with Crippen LogP contribution < -0.4 is 10.0 Å². The Hall–Kier alpha value is -0.150. The number of anilines is 1. The van der Waals surface area contributed by atoms with Gasteiger partial charge < -0.3 is 5.32 Å². The van der Waals surface area contributed by atoms with Crippen molar-refractivity contribution in [3.8, 4) is 0 Å². The maximum absolute atomic E-state index is 12.2. The summed E-state index contributed by atoms with van der Waals surface area (Å²) in [6, 6.07) is 5.30. The summed E-state index contributed by atoms with van der Waals surface area (Å²) in [6.45, 7) is 4.35. The molecular formula is C13H21Br2N3O2S. The van der Waals surface area contributed by atoms with E-state index in [0.29, 0.717) is 16.7 Å². The average Bonchev–Trinajstić information content (AvgIpc) is 2.41. The van der Waals surface area contributed by atoms with Crippen molar-refractivity contribution in [1.82, 2.24) is 9.62 Å². The predicted molar refractivity (Wildman–Crippen MR) is 94.8 cm³/mol. The minimum atomic E-state index is -3.53. The van der Waals surface area contributed by atoms with Crippen LogP contribution in [0.4, 0.5) is 5.69 Å². The van der Waals surface area contributed by atoms with Crippen molar-refractivity contribution >= 4 is 47.8 Å². The third kappa shape index (κ3) is 6.65. The van der Waals surface area contributed by atoms with Gasteiger partial charge in [0.25, 0.3) is 0 Å². The minimum absolute atomic E-state index is 0.472. The number of hydrogen-bond acceptors (Lipinski definition) is 3. The first-order valence-corrected chi connectivity index (χ1v) is 9.79. The molecule has 0 atom stereocenters. The molecule has 0 aromatic heterocycles. The Kier molecular flexibility index (Phi) is 8.18. The van der Waals surface area contributed by atoms with Crippen LogP contribution in [0.25, 0.3) is 0 Å². The van der Waals surface area contributed by atoms with Crippen LogP contribution in [0.2, 0.25) is 0 Å². The Morgan fingerprint density at radius 2 is 1.95 bits per heavy atom. The molecule has 1 rings (SSSR count). The zero-order valence-corrected chi connectivity index (χ0v) is 16.2. The highest BCUT2D eigenvalue weighted by Crippen LogP contribution is 2.27. The lowest BCUT2D eigenvalue weighted by molar-refractivity contribution is 0.458. The second-order valence-corrected chi connectivity index (χ2v) is 8.20. The summed E-state index contributed by atoms with van der Waals surface area (Å²) in [5.41, 5.74) is 0.522. The molecule has 0 spiro atoms. The van der Waals surface area contributed by atoms with Crippen LogP contribution in [-0.2, 0) is 10.2 Å². The largest absolute Gasteiger partial charge is 0.317 e. The number of benzene rings is 1. The molecule has 5 nitrogen and oxygen atoms in total. The average molecular weight is 443 g/mol. The summed E-state index contributed by atoms with van der Waals surface area (Å²) in [5, 5.41) is 3.25. The summed E-state index contributed by atoms with van der Waals surface area (Å²) in [6.07, 6.45) is 1.85. The van der Waals surface area contributed by atoms with Gasteiger partial charge in [0.15, 0.2) is 0 Å². The van der Waals surface area contributed by atoms with Gasteiger partial charge in [-0.1, -0.05) is 22.9 Å². The first-order valence-electron chi connectivity index (χ1n) is 6.76. The quantitative estimate of drug-likeness (QED) is 0.577. The third-order valence-electron chi connectivity index (χ3n) is 2.83. The number of hydrogen-bond donors (Lipinski definition) is 2. The van der Waals surface area contributed by atoms with Gasteiger partial charge in [0.2, 0.25) is 0 Å². The van der Waals surface area contributed by atoms with Crippen molar-refractivity contribution in [3.63, 3.8) is 0 Å². The molecule has 0 bridgehead atoms. The SMILES string of the molecule is CCCNCCCN(C)S(=O)(=O)Nc1ccc(Br)cc1Br. The van der Waals surface area contributed by atoms with Gasteiger partial charge in [0, 0.05) is 22.5 Å². The van der Waals surface area contributed by atoms with Crippen LogP contribution in [0.5, 0.6) is 0 Å². The molecule has 120 valence electrons. The van der Waals surface area contributed by atoms with Crippen molar-refractivity contribution in [2.75, 3.05) is 31.4 Å². The van der Waals surface area contributed by atoms with E-state index in [9.17, 15) is 8.42 Å². The van der Waals surface area contributed by atoms with E-state index in [0.717, 1.165) is 30.4 Å². The highest BCUT2D eigenvalue weighted by Gasteiger charge is 2.18. The molecule has 8 heteroatoms. The van der Waals surface area contributed by atoms with Gasteiger partial charge >= 0.3 is 10.2 Å². The fraction of sp³-hybridized carbons (Fsp3) is 0.538. The molecule has 0 radical (unpaired) electrons. The van der Waals surface area contributed by atoms with Crippen LogP contribution in [0, 0.1) is 0 Å². The van der Waals surface area contributed by atoms with E-state index >= 15 is 0 Å². The number of nitrogens with one attached hydrogen (secondary N) is 2. The minimum Gasteiger partial charge on any atom is -0.317 e. The van der Waals surface area contributed by atoms with Crippen LogP contribution >= 0.6 is 31.9 Å². The standard InChI is InChI=1S/C13H21Br2N3O2S/c1-3-7-16-8-4-9-18(2)21(19,20)17-13-6-5-11(14)10-12(13)15/h5-6,10,16-17H,3-4,7-9H2,1-2H3. The first-order chi connectivity index (χ1) is 9.86. The van der Waals surface area contributed by atoms with Gasteiger partial charge in [-0.15, -0.1) is 0 Å². The lowest BCUT2D eigenvalue weighted by atomic mass is 10.3. The van der Waals surface area contributed by atoms with E-state index < -0.39 is 10.2 Å². The van der Waals surface area contributed by atoms with Crippen LogP contribution in [0.15, 0.2) is 27.1 Å². The highest BCUT2D eigenvalue weighted by molar-refractivity contribution is 9.11. The molecule has 0 aliphatic rings. The molecule has 0 amide bonds. The van der Waals surface area contributed by atoms with Crippen molar-refractivity contribution in [2.24, 2.45) is 0 Å². The lowest BCUT2D eigenvalue weighted by Crippen LogP contribution is -2.34. The molecule has 0 saturated carbocycles. The zero-order chi connectivity index (χ0) is 15.9. The Morgan fingerprint density at radius 1 is 1.24 bits per heavy atom. The molecule has 0 unspecified atom stereocenters. The Morgan fingerprint density at radius 3 is 2.57 bits per heavy atom. The molecule has 0 fully saturated rings. The smallest absolute Gasteiger partial charge is 0.301 e. The number of rotatable bonds is 9. The fourth-order valence-corrected chi connectivity index (χ4v) is 3.90. The topological polar surface area (TPSA) is 61.4 Å². The van der Waals surface area contributed by atoms with Gasteiger partial charge in [-0.25, -0.2) is 0 Å². The van der Waals surface area contributed by atoms with E-state index in [1.54, 1.807) is 25.2 Å². The van der Waals surface area contributed by atoms with E-state index in [2.05, 4.69) is 48.8 Å². The lowest BCUT2D eigenvalue weighted by Gasteiger charge is -2.19. The summed E-state index contributed by atoms with van der Waals surface area (Å²) >= 11 is 6.68. The predicted octanol–water partition coefficient (Wildman–Crippen LogP) is 3.19. The normalized spacial score (nSPS) is 11.9. The van der Waals surface area contributed by atoms with Crippen molar-refractivity contribution in [2.45, 2.75) is 19.8 Å². The summed E-state index contributed by atoms with van der Waals surface area (Å²) in [7, 11) is -1.95. The van der Waals surface area contributed by atoms with Crippen LogP contribution in [-0.4, -0.2) is 39.4 Å². The molecule has 0 aliphatic heterocycles. The monoisotopic (exact) mass is 441 g/mol. The van der Waals surface area contributed by atoms with Gasteiger partial charge in [-0.2, -0.15) is 12.7 Å². The molecule has 0 saturated heterocycles.